The van der Waals surface area contributed by atoms with Gasteiger partial charge in [-0.2, -0.15) is 0 Å². The first kappa shape index (κ1) is 13.0. The fraction of sp³-hybridized carbons (Fsp3) is 0.417. The van der Waals surface area contributed by atoms with E-state index in [-0.39, 0.29) is 12.1 Å². The third-order valence-electron chi connectivity index (χ3n) is 2.63. The molecule has 18 heavy (non-hydrogen) atoms. The van der Waals surface area contributed by atoms with Crippen molar-refractivity contribution in [1.82, 2.24) is 5.32 Å². The van der Waals surface area contributed by atoms with Crippen molar-refractivity contribution in [2.24, 2.45) is 5.73 Å². The Hall–Kier alpha value is -1.46. The molecule has 0 aliphatic carbocycles. The topological polar surface area (TPSA) is 73.6 Å². The van der Waals surface area contributed by atoms with Crippen molar-refractivity contribution in [2.45, 2.75) is 19.1 Å². The summed E-state index contributed by atoms with van der Waals surface area (Å²) in [6.45, 7) is 2.61. The van der Waals surface area contributed by atoms with Crippen molar-refractivity contribution in [3.8, 4) is 5.75 Å². The molecule has 0 radical (unpaired) electrons. The number of nitrogens with two attached hydrogens (primary N) is 1. The van der Waals surface area contributed by atoms with Crippen LogP contribution >= 0.6 is 11.6 Å². The summed E-state index contributed by atoms with van der Waals surface area (Å²) in [6, 6.07) is 5.11. The highest BCUT2D eigenvalue weighted by molar-refractivity contribution is 6.30. The molecule has 1 saturated heterocycles. The number of hydrogen-bond donors (Lipinski definition) is 2. The van der Waals surface area contributed by atoms with Crippen LogP contribution in [-0.2, 0) is 4.74 Å². The van der Waals surface area contributed by atoms with Crippen LogP contribution in [0.15, 0.2) is 18.2 Å². The number of alkyl carbamates (subject to hydrolysis) is 1. The molecule has 1 amide bonds. The number of ether oxygens (including phenoxy) is 2. The number of carbonyl (C=O) groups is 1. The van der Waals surface area contributed by atoms with E-state index in [0.29, 0.717) is 23.9 Å². The maximum absolute atomic E-state index is 10.9. The van der Waals surface area contributed by atoms with Crippen molar-refractivity contribution >= 4 is 17.7 Å². The van der Waals surface area contributed by atoms with Crippen molar-refractivity contribution in [2.75, 3.05) is 13.2 Å². The van der Waals surface area contributed by atoms with Gasteiger partial charge in [-0.05, 0) is 25.1 Å². The minimum Gasteiger partial charge on any atom is -0.489 e. The highest BCUT2D eigenvalue weighted by Crippen LogP contribution is 2.27. The highest BCUT2D eigenvalue weighted by Gasteiger charge is 2.23. The molecular formula is C12H15ClN2O3. The molecule has 1 fully saturated rings. The SMILES string of the molecule is C[C@H](N)c1cc(Cl)ccc1OCC1CNC(=O)O1. The van der Waals surface area contributed by atoms with E-state index in [1.54, 1.807) is 18.2 Å². The maximum atomic E-state index is 10.9. The lowest BCUT2D eigenvalue weighted by Crippen LogP contribution is -2.22. The summed E-state index contributed by atoms with van der Waals surface area (Å²) in [6.07, 6.45) is -0.679. The first-order valence-corrected chi connectivity index (χ1v) is 6.06. The molecule has 6 heteroatoms. The number of halogens is 1. The Kier molecular flexibility index (Phi) is 3.93. The Morgan fingerprint density at radius 1 is 1.67 bits per heavy atom. The lowest BCUT2D eigenvalue weighted by atomic mass is 10.1. The zero-order valence-corrected chi connectivity index (χ0v) is 10.7. The van der Waals surface area contributed by atoms with Crippen molar-refractivity contribution in [3.63, 3.8) is 0 Å². The van der Waals surface area contributed by atoms with Crippen LogP contribution < -0.4 is 15.8 Å². The van der Waals surface area contributed by atoms with Gasteiger partial charge in [-0.3, -0.25) is 0 Å². The third-order valence-corrected chi connectivity index (χ3v) is 2.87. The number of amides is 1. The standard InChI is InChI=1S/C12H15ClN2O3/c1-7(14)10-4-8(13)2-3-11(10)17-6-9-5-15-12(16)18-9/h2-4,7,9H,5-6,14H2,1H3,(H,15,16)/t7-,9?/m0/s1. The lowest BCUT2D eigenvalue weighted by Gasteiger charge is -2.16. The van der Waals surface area contributed by atoms with E-state index in [4.69, 9.17) is 26.8 Å². The van der Waals surface area contributed by atoms with Crippen LogP contribution in [0, 0.1) is 0 Å². The molecule has 1 aliphatic heterocycles. The van der Waals surface area contributed by atoms with Gasteiger partial charge < -0.3 is 20.5 Å². The Morgan fingerprint density at radius 2 is 2.44 bits per heavy atom. The fourth-order valence-corrected chi connectivity index (χ4v) is 1.89. The van der Waals surface area contributed by atoms with E-state index < -0.39 is 6.09 Å². The fourth-order valence-electron chi connectivity index (χ4n) is 1.71. The van der Waals surface area contributed by atoms with Crippen LogP contribution in [0.3, 0.4) is 0 Å². The zero-order valence-electron chi connectivity index (χ0n) is 9.98. The van der Waals surface area contributed by atoms with E-state index in [0.717, 1.165) is 5.56 Å². The number of benzene rings is 1. The molecule has 1 aromatic carbocycles. The van der Waals surface area contributed by atoms with E-state index in [9.17, 15) is 4.79 Å². The molecule has 3 N–H and O–H groups in total. The van der Waals surface area contributed by atoms with E-state index >= 15 is 0 Å². The second kappa shape index (κ2) is 5.46. The summed E-state index contributed by atoms with van der Waals surface area (Å²) in [4.78, 5) is 10.9. The van der Waals surface area contributed by atoms with Crippen LogP contribution in [0.25, 0.3) is 0 Å². The van der Waals surface area contributed by atoms with Gasteiger partial charge in [0, 0.05) is 16.6 Å². The number of carbonyl (C=O) groups excluding carboxylic acids is 1. The quantitative estimate of drug-likeness (QED) is 0.876. The van der Waals surface area contributed by atoms with Gasteiger partial charge in [0.05, 0.1) is 6.54 Å². The molecule has 0 bridgehead atoms. The summed E-state index contributed by atoms with van der Waals surface area (Å²) in [5, 5.41) is 3.18. The van der Waals surface area contributed by atoms with Crippen LogP contribution in [0.1, 0.15) is 18.5 Å². The van der Waals surface area contributed by atoms with Crippen LogP contribution in [-0.4, -0.2) is 25.3 Å². The first-order chi connectivity index (χ1) is 8.56. The van der Waals surface area contributed by atoms with Gasteiger partial charge in [-0.25, -0.2) is 4.79 Å². The summed E-state index contributed by atoms with van der Waals surface area (Å²) in [5.41, 5.74) is 6.69. The third kappa shape index (κ3) is 3.05. The van der Waals surface area contributed by atoms with Gasteiger partial charge in [0.2, 0.25) is 0 Å². The number of rotatable bonds is 4. The second-order valence-corrected chi connectivity index (χ2v) is 4.63. The summed E-state index contributed by atoms with van der Waals surface area (Å²) in [7, 11) is 0. The van der Waals surface area contributed by atoms with Gasteiger partial charge in [-0.15, -0.1) is 0 Å². The molecule has 5 nitrogen and oxygen atoms in total. The number of cyclic esters (lactones) is 1. The highest BCUT2D eigenvalue weighted by atomic mass is 35.5. The average Bonchev–Trinajstić information content (AvgIpc) is 2.73. The van der Waals surface area contributed by atoms with Crippen molar-refractivity contribution in [3.05, 3.63) is 28.8 Å². The lowest BCUT2D eigenvalue weighted by molar-refractivity contribution is 0.104. The molecule has 98 valence electrons. The second-order valence-electron chi connectivity index (χ2n) is 4.19. The smallest absolute Gasteiger partial charge is 0.407 e. The average molecular weight is 271 g/mol. The van der Waals surface area contributed by atoms with Crippen LogP contribution in [0.5, 0.6) is 5.75 Å². The summed E-state index contributed by atoms with van der Waals surface area (Å²) in [5.74, 6) is 0.664. The maximum Gasteiger partial charge on any atom is 0.407 e. The van der Waals surface area contributed by atoms with Crippen molar-refractivity contribution < 1.29 is 14.3 Å². The van der Waals surface area contributed by atoms with Crippen LogP contribution in [0.2, 0.25) is 5.02 Å². The molecule has 0 spiro atoms. The zero-order chi connectivity index (χ0) is 13.1. The van der Waals surface area contributed by atoms with E-state index in [1.165, 1.54) is 0 Å². The molecule has 2 atom stereocenters. The molecule has 1 aliphatic rings. The van der Waals surface area contributed by atoms with E-state index in [2.05, 4.69) is 5.32 Å². The minimum absolute atomic E-state index is 0.178. The van der Waals surface area contributed by atoms with Gasteiger partial charge in [-0.1, -0.05) is 11.6 Å². The molecule has 1 unspecified atom stereocenters. The normalized spacial score (nSPS) is 20.2. The van der Waals surface area contributed by atoms with Gasteiger partial charge >= 0.3 is 6.09 Å². The Balaban J connectivity index is 2.02. The molecule has 0 aromatic heterocycles. The minimum atomic E-state index is -0.410. The summed E-state index contributed by atoms with van der Waals surface area (Å²) < 4.78 is 10.6. The summed E-state index contributed by atoms with van der Waals surface area (Å²) >= 11 is 5.92. The van der Waals surface area contributed by atoms with Crippen LogP contribution in [0.4, 0.5) is 4.79 Å². The van der Waals surface area contributed by atoms with Crippen molar-refractivity contribution in [1.29, 1.82) is 0 Å². The number of hydrogen-bond acceptors (Lipinski definition) is 4. The number of nitrogens with one attached hydrogen (secondary N) is 1. The van der Waals surface area contributed by atoms with Gasteiger partial charge in [0.25, 0.3) is 0 Å². The Bertz CT molecular complexity index is 451. The largest absolute Gasteiger partial charge is 0.489 e. The molecular weight excluding hydrogens is 256 g/mol. The predicted octanol–water partition coefficient (Wildman–Crippen LogP) is 1.85. The van der Waals surface area contributed by atoms with E-state index in [1.807, 2.05) is 6.92 Å². The monoisotopic (exact) mass is 270 g/mol. The predicted molar refractivity (Wildman–Crippen MR) is 67.8 cm³/mol. The Labute approximate surface area is 110 Å². The molecule has 2 rings (SSSR count). The first-order valence-electron chi connectivity index (χ1n) is 5.68. The molecule has 1 aromatic rings. The van der Waals surface area contributed by atoms with Gasteiger partial charge in [0.1, 0.15) is 12.4 Å². The van der Waals surface area contributed by atoms with Gasteiger partial charge in [0.15, 0.2) is 6.10 Å². The Morgan fingerprint density at radius 3 is 3.06 bits per heavy atom. The molecule has 1 heterocycles. The molecule has 0 saturated carbocycles.